The summed E-state index contributed by atoms with van der Waals surface area (Å²) >= 11 is 2.66. The maximum absolute atomic E-state index is 14.1. The maximum Gasteiger partial charge on any atom is 0.231 e. The van der Waals surface area contributed by atoms with Crippen LogP contribution in [0.15, 0.2) is 77.5 Å². The first-order valence-corrected chi connectivity index (χ1v) is 10.8. The average Bonchev–Trinajstić information content (AvgIpc) is 3.44. The summed E-state index contributed by atoms with van der Waals surface area (Å²) in [5, 5.41) is 13.1. The molecule has 5 nitrogen and oxygen atoms in total. The van der Waals surface area contributed by atoms with Crippen LogP contribution in [0.1, 0.15) is 16.5 Å². The van der Waals surface area contributed by atoms with Crippen LogP contribution in [-0.4, -0.2) is 26.4 Å². The topological polar surface area (TPSA) is 59.8 Å². The van der Waals surface area contributed by atoms with Gasteiger partial charge >= 0.3 is 0 Å². The molecule has 2 heterocycles. The fourth-order valence-electron chi connectivity index (χ4n) is 2.90. The molecule has 2 aromatic carbocycles. The minimum absolute atomic E-state index is 0.0657. The lowest BCUT2D eigenvalue weighted by Gasteiger charge is -2.18. The van der Waals surface area contributed by atoms with Gasteiger partial charge in [0.25, 0.3) is 0 Å². The van der Waals surface area contributed by atoms with Crippen LogP contribution in [0.25, 0.3) is 5.69 Å². The molecule has 4 aromatic rings. The van der Waals surface area contributed by atoms with Crippen LogP contribution >= 0.6 is 23.1 Å². The summed E-state index contributed by atoms with van der Waals surface area (Å²) in [5.41, 5.74) is 1.10. The number of thiophene rings is 1. The lowest BCUT2D eigenvalue weighted by Crippen LogP contribution is -2.30. The van der Waals surface area contributed by atoms with Gasteiger partial charge in [0.15, 0.2) is 5.16 Å². The van der Waals surface area contributed by atoms with Crippen LogP contribution < -0.4 is 5.32 Å². The van der Waals surface area contributed by atoms with Crippen LogP contribution in [0.4, 0.5) is 8.78 Å². The molecule has 0 spiro atoms. The van der Waals surface area contributed by atoms with Gasteiger partial charge in [0.05, 0.1) is 17.5 Å². The molecule has 0 bridgehead atoms. The molecule has 0 saturated carbocycles. The number of hydrogen-bond donors (Lipinski definition) is 1. The number of carbonyl (C=O) groups is 1. The molecular weight excluding hydrogens is 426 g/mol. The fourth-order valence-corrected chi connectivity index (χ4v) is 4.43. The summed E-state index contributed by atoms with van der Waals surface area (Å²) in [5.74, 6) is -0.905. The molecular formula is C21H16F2N4OS2. The number of benzene rings is 2. The molecule has 1 unspecified atom stereocenters. The van der Waals surface area contributed by atoms with Gasteiger partial charge in [-0.05, 0) is 41.3 Å². The number of rotatable bonds is 7. The highest BCUT2D eigenvalue weighted by atomic mass is 32.2. The molecule has 0 saturated heterocycles. The number of nitrogens with zero attached hydrogens (tertiary/aromatic N) is 3. The number of aromatic nitrogens is 3. The van der Waals surface area contributed by atoms with Gasteiger partial charge in [-0.2, -0.15) is 0 Å². The Hall–Kier alpha value is -3.04. The predicted octanol–water partition coefficient (Wildman–Crippen LogP) is 4.60. The Morgan fingerprint density at radius 2 is 1.90 bits per heavy atom. The maximum atomic E-state index is 14.1. The Labute approximate surface area is 179 Å². The molecule has 0 aliphatic rings. The third-order valence-corrected chi connectivity index (χ3v) is 6.18. The molecule has 0 aliphatic heterocycles. The number of amides is 1. The van der Waals surface area contributed by atoms with E-state index in [-0.39, 0.29) is 23.5 Å². The first-order valence-electron chi connectivity index (χ1n) is 8.98. The van der Waals surface area contributed by atoms with Gasteiger partial charge < -0.3 is 5.32 Å². The molecule has 9 heteroatoms. The van der Waals surface area contributed by atoms with Crippen molar-refractivity contribution in [1.82, 2.24) is 20.1 Å². The van der Waals surface area contributed by atoms with E-state index in [0.29, 0.717) is 10.8 Å². The zero-order valence-electron chi connectivity index (χ0n) is 15.5. The summed E-state index contributed by atoms with van der Waals surface area (Å²) in [6.07, 6.45) is 1.41. The smallest absolute Gasteiger partial charge is 0.231 e. The first-order chi connectivity index (χ1) is 14.6. The SMILES string of the molecule is O=C(CSc1nncn1-c1ccccc1F)NC(c1ccc(F)cc1)c1cccs1. The van der Waals surface area contributed by atoms with E-state index in [2.05, 4.69) is 15.5 Å². The highest BCUT2D eigenvalue weighted by molar-refractivity contribution is 7.99. The van der Waals surface area contributed by atoms with Crippen molar-refractivity contribution < 1.29 is 13.6 Å². The minimum atomic E-state index is -0.405. The number of hydrogen-bond acceptors (Lipinski definition) is 5. The van der Waals surface area contributed by atoms with Crippen molar-refractivity contribution in [3.05, 3.63) is 94.4 Å². The van der Waals surface area contributed by atoms with E-state index in [1.807, 2.05) is 17.5 Å². The largest absolute Gasteiger partial charge is 0.344 e. The standard InChI is InChI=1S/C21H16F2N4OS2/c22-15-9-7-14(8-10-15)20(18-6-3-11-29-18)25-19(28)12-30-21-26-24-13-27(21)17-5-2-1-4-16(17)23/h1-11,13,20H,12H2,(H,25,28). The van der Waals surface area contributed by atoms with Gasteiger partial charge in [0.2, 0.25) is 5.91 Å². The Balaban J connectivity index is 1.47. The molecule has 0 aliphatic carbocycles. The lowest BCUT2D eigenvalue weighted by atomic mass is 10.1. The normalized spacial score (nSPS) is 11.9. The fraction of sp³-hybridized carbons (Fsp3) is 0.0952. The average molecular weight is 443 g/mol. The summed E-state index contributed by atoms with van der Waals surface area (Å²) in [4.78, 5) is 13.6. The van der Waals surface area contributed by atoms with Crippen molar-refractivity contribution in [3.8, 4) is 5.69 Å². The third kappa shape index (κ3) is 4.58. The Kier molecular flexibility index (Phi) is 6.20. The Bertz CT molecular complexity index is 1130. The summed E-state index contributed by atoms with van der Waals surface area (Å²) in [6.45, 7) is 0. The van der Waals surface area contributed by atoms with Crippen molar-refractivity contribution in [2.24, 2.45) is 0 Å². The lowest BCUT2D eigenvalue weighted by molar-refractivity contribution is -0.119. The summed E-state index contributed by atoms with van der Waals surface area (Å²) in [7, 11) is 0. The van der Waals surface area contributed by atoms with Crippen LogP contribution in [0.5, 0.6) is 0 Å². The minimum Gasteiger partial charge on any atom is -0.344 e. The van der Waals surface area contributed by atoms with Crippen molar-refractivity contribution >= 4 is 29.0 Å². The van der Waals surface area contributed by atoms with Crippen LogP contribution in [-0.2, 0) is 4.79 Å². The van der Waals surface area contributed by atoms with Crippen molar-refractivity contribution in [3.63, 3.8) is 0 Å². The monoisotopic (exact) mass is 442 g/mol. The number of halogens is 2. The van der Waals surface area contributed by atoms with Gasteiger partial charge in [-0.25, -0.2) is 8.78 Å². The van der Waals surface area contributed by atoms with E-state index in [1.165, 1.54) is 40.4 Å². The zero-order valence-corrected chi connectivity index (χ0v) is 17.2. The van der Waals surface area contributed by atoms with Crippen molar-refractivity contribution in [2.45, 2.75) is 11.2 Å². The van der Waals surface area contributed by atoms with Crippen molar-refractivity contribution in [2.75, 3.05) is 5.75 Å². The van der Waals surface area contributed by atoms with Crippen molar-refractivity contribution in [1.29, 1.82) is 0 Å². The third-order valence-electron chi connectivity index (χ3n) is 4.30. The highest BCUT2D eigenvalue weighted by Crippen LogP contribution is 2.27. The highest BCUT2D eigenvalue weighted by Gasteiger charge is 2.19. The van der Waals surface area contributed by atoms with E-state index in [1.54, 1.807) is 30.3 Å². The molecule has 1 amide bonds. The molecule has 30 heavy (non-hydrogen) atoms. The van der Waals surface area contributed by atoms with E-state index in [4.69, 9.17) is 0 Å². The van der Waals surface area contributed by atoms with Crippen LogP contribution in [0, 0.1) is 11.6 Å². The second kappa shape index (κ2) is 9.19. The van der Waals surface area contributed by atoms with E-state index >= 15 is 0 Å². The van der Waals surface area contributed by atoms with E-state index in [9.17, 15) is 13.6 Å². The van der Waals surface area contributed by atoms with Crippen LogP contribution in [0.2, 0.25) is 0 Å². The quantitative estimate of drug-likeness (QED) is 0.425. The number of nitrogens with one attached hydrogen (secondary N) is 1. The van der Waals surface area contributed by atoms with E-state index in [0.717, 1.165) is 22.2 Å². The van der Waals surface area contributed by atoms with Gasteiger partial charge in [0, 0.05) is 4.88 Å². The number of para-hydroxylation sites is 1. The summed E-state index contributed by atoms with van der Waals surface area (Å²) in [6, 6.07) is 15.8. The Morgan fingerprint density at radius 1 is 1.10 bits per heavy atom. The molecule has 152 valence electrons. The molecule has 1 atom stereocenters. The van der Waals surface area contributed by atoms with Crippen LogP contribution in [0.3, 0.4) is 0 Å². The zero-order chi connectivity index (χ0) is 20.9. The van der Waals surface area contributed by atoms with E-state index < -0.39 is 5.82 Å². The van der Waals surface area contributed by atoms with Gasteiger partial charge in [-0.15, -0.1) is 21.5 Å². The van der Waals surface area contributed by atoms with Gasteiger partial charge in [0.1, 0.15) is 18.0 Å². The number of carbonyl (C=O) groups excluding carboxylic acids is 1. The second-order valence-electron chi connectivity index (χ2n) is 6.29. The molecule has 4 rings (SSSR count). The second-order valence-corrected chi connectivity index (χ2v) is 8.21. The first kappa shape index (κ1) is 20.2. The summed E-state index contributed by atoms with van der Waals surface area (Å²) < 4.78 is 28.9. The predicted molar refractivity (Wildman–Crippen MR) is 113 cm³/mol. The molecule has 0 radical (unpaired) electrons. The van der Waals surface area contributed by atoms with Gasteiger partial charge in [-0.3, -0.25) is 9.36 Å². The number of thioether (sulfide) groups is 1. The van der Waals surface area contributed by atoms with Gasteiger partial charge in [-0.1, -0.05) is 42.1 Å². The molecule has 2 aromatic heterocycles. The molecule has 1 N–H and O–H groups in total. The Morgan fingerprint density at radius 3 is 2.63 bits per heavy atom. The molecule has 0 fully saturated rings.